The average molecular weight is 308 g/mol. The van der Waals surface area contributed by atoms with Gasteiger partial charge in [-0.05, 0) is 24.8 Å². The van der Waals surface area contributed by atoms with Crippen LogP contribution in [-0.2, 0) is 7.05 Å². The number of nitrogens with one attached hydrogen (secondary N) is 1. The maximum Gasteiger partial charge on any atom is 0.292 e. The van der Waals surface area contributed by atoms with E-state index in [1.54, 1.807) is 24.3 Å². The second kappa shape index (κ2) is 5.15. The van der Waals surface area contributed by atoms with Crippen LogP contribution >= 0.6 is 0 Å². The van der Waals surface area contributed by atoms with Gasteiger partial charge >= 0.3 is 0 Å². The van der Waals surface area contributed by atoms with Crippen LogP contribution in [0.2, 0.25) is 0 Å². The second-order valence-corrected chi connectivity index (χ2v) is 6.01. The van der Waals surface area contributed by atoms with Gasteiger partial charge in [0.25, 0.3) is 11.5 Å². The first-order chi connectivity index (χ1) is 11.1. The maximum atomic E-state index is 12.4. The molecule has 1 fully saturated rings. The van der Waals surface area contributed by atoms with Gasteiger partial charge in [0.05, 0.1) is 5.39 Å². The highest BCUT2D eigenvalue weighted by atomic mass is 16.2. The fourth-order valence-corrected chi connectivity index (χ4v) is 3.31. The largest absolute Gasteiger partial charge is 0.292 e. The van der Waals surface area contributed by atoms with Crippen LogP contribution in [0.3, 0.4) is 0 Å². The molecule has 116 valence electrons. The molecule has 4 rings (SSSR count). The molecule has 2 aliphatic rings. The minimum atomic E-state index is -0.390. The first-order valence-electron chi connectivity index (χ1n) is 7.64. The van der Waals surface area contributed by atoms with Crippen molar-refractivity contribution in [3.8, 4) is 0 Å². The van der Waals surface area contributed by atoms with Crippen LogP contribution in [0.15, 0.2) is 46.3 Å². The van der Waals surface area contributed by atoms with E-state index in [2.05, 4.69) is 27.8 Å². The summed E-state index contributed by atoms with van der Waals surface area (Å²) in [6.45, 7) is 0. The maximum absolute atomic E-state index is 12.4. The molecular weight excluding hydrogens is 292 g/mol. The van der Waals surface area contributed by atoms with Crippen molar-refractivity contribution in [3.63, 3.8) is 0 Å². The van der Waals surface area contributed by atoms with Crippen molar-refractivity contribution in [3.05, 3.63) is 52.5 Å². The Balaban J connectivity index is 1.64. The number of benzene rings is 1. The molecule has 1 aromatic carbocycles. The molecule has 23 heavy (non-hydrogen) atoms. The molecule has 1 heterocycles. The van der Waals surface area contributed by atoms with E-state index in [0.29, 0.717) is 22.6 Å². The van der Waals surface area contributed by atoms with Crippen LogP contribution in [0, 0.1) is 11.8 Å². The molecule has 6 nitrogen and oxygen atoms in total. The molecule has 0 saturated heterocycles. The summed E-state index contributed by atoms with van der Waals surface area (Å²) in [4.78, 5) is 24.5. The van der Waals surface area contributed by atoms with Gasteiger partial charge in [0.15, 0.2) is 5.69 Å². The van der Waals surface area contributed by atoms with Gasteiger partial charge in [-0.3, -0.25) is 9.59 Å². The number of fused-ring (bicyclic) bond motifs is 2. The minimum Gasteiger partial charge on any atom is -0.267 e. The zero-order chi connectivity index (χ0) is 16.0. The van der Waals surface area contributed by atoms with Crippen LogP contribution < -0.4 is 11.0 Å². The summed E-state index contributed by atoms with van der Waals surface area (Å²) in [6.07, 6.45) is 6.29. The molecule has 1 N–H and O–H groups in total. The van der Waals surface area contributed by atoms with E-state index in [1.165, 1.54) is 11.7 Å². The molecule has 2 atom stereocenters. The lowest BCUT2D eigenvalue weighted by molar-refractivity contribution is 0.0948. The topological polar surface area (TPSA) is 76.3 Å². The van der Waals surface area contributed by atoms with E-state index in [0.717, 1.165) is 18.6 Å². The molecule has 6 heteroatoms. The van der Waals surface area contributed by atoms with Gasteiger partial charge in [0, 0.05) is 24.1 Å². The van der Waals surface area contributed by atoms with Gasteiger partial charge in [-0.2, -0.15) is 10.2 Å². The predicted octanol–water partition coefficient (Wildman–Crippen LogP) is 1.62. The van der Waals surface area contributed by atoms with Gasteiger partial charge in [-0.1, -0.05) is 30.4 Å². The molecule has 0 spiro atoms. The zero-order valence-corrected chi connectivity index (χ0v) is 12.7. The van der Waals surface area contributed by atoms with E-state index in [1.807, 2.05) is 0 Å². The number of carbonyl (C=O) groups excluding carboxylic acids is 1. The number of hydrogen-bond acceptors (Lipinski definition) is 4. The first-order valence-corrected chi connectivity index (χ1v) is 7.64. The molecule has 0 radical (unpaired) electrons. The summed E-state index contributed by atoms with van der Waals surface area (Å²) < 4.78 is 1.19. The van der Waals surface area contributed by atoms with Crippen molar-refractivity contribution in [1.29, 1.82) is 0 Å². The van der Waals surface area contributed by atoms with E-state index < -0.39 is 5.91 Å². The number of aromatic nitrogens is 2. The third-order valence-corrected chi connectivity index (χ3v) is 4.64. The fraction of sp³-hybridized carbons (Fsp3) is 0.294. The van der Waals surface area contributed by atoms with Gasteiger partial charge in [0.1, 0.15) is 0 Å². The lowest BCUT2D eigenvalue weighted by Gasteiger charge is -2.31. The lowest BCUT2D eigenvalue weighted by atomic mass is 9.74. The van der Waals surface area contributed by atoms with Crippen LogP contribution in [0.5, 0.6) is 0 Å². The van der Waals surface area contributed by atoms with Crippen molar-refractivity contribution < 1.29 is 4.79 Å². The Kier molecular flexibility index (Phi) is 3.11. The number of amides is 1. The Bertz CT molecular complexity index is 926. The quantitative estimate of drug-likeness (QED) is 0.676. The number of nitrogens with zero attached hydrogens (tertiary/aromatic N) is 3. The number of hydrazone groups is 1. The standard InChI is InChI=1S/C17H16N4O2/c1-21-17(23)13-7-3-2-6-12(13)15(20-21)16(22)19-18-14-9-10-5-4-8-11(10)14/h2-7,10-11H,8-9H2,1H3,(H,19,22). The average Bonchev–Trinajstić information content (AvgIpc) is 2.92. The molecule has 1 aromatic heterocycles. The van der Waals surface area contributed by atoms with Crippen molar-refractivity contribution in [2.75, 3.05) is 0 Å². The zero-order valence-electron chi connectivity index (χ0n) is 12.7. The third-order valence-electron chi connectivity index (χ3n) is 4.64. The minimum absolute atomic E-state index is 0.215. The number of hydrogen-bond donors (Lipinski definition) is 1. The van der Waals surface area contributed by atoms with Gasteiger partial charge in [-0.25, -0.2) is 10.1 Å². The van der Waals surface area contributed by atoms with Crippen LogP contribution in [0.25, 0.3) is 10.8 Å². The normalized spacial score (nSPS) is 23.8. The summed E-state index contributed by atoms with van der Waals surface area (Å²) in [7, 11) is 1.54. The Morgan fingerprint density at radius 2 is 2.13 bits per heavy atom. The molecule has 0 aliphatic heterocycles. The Labute approximate surface area is 132 Å². The van der Waals surface area contributed by atoms with Crippen molar-refractivity contribution in [2.45, 2.75) is 12.8 Å². The number of rotatable bonds is 2. The third kappa shape index (κ3) is 2.18. The van der Waals surface area contributed by atoms with Gasteiger partial charge in [0.2, 0.25) is 0 Å². The summed E-state index contributed by atoms with van der Waals surface area (Å²) in [5.74, 6) is 0.640. The highest BCUT2D eigenvalue weighted by Crippen LogP contribution is 2.40. The summed E-state index contributed by atoms with van der Waals surface area (Å²) in [5, 5.41) is 9.38. The SMILES string of the molecule is Cn1nc(C(=O)NN=C2CC3C=CCC23)c2ccccc2c1=O. The molecule has 2 aliphatic carbocycles. The fourth-order valence-electron chi connectivity index (χ4n) is 3.31. The lowest BCUT2D eigenvalue weighted by Crippen LogP contribution is -2.36. The van der Waals surface area contributed by atoms with E-state index in [-0.39, 0.29) is 11.3 Å². The van der Waals surface area contributed by atoms with Crippen LogP contribution in [-0.4, -0.2) is 21.4 Å². The summed E-state index contributed by atoms with van der Waals surface area (Å²) >= 11 is 0. The van der Waals surface area contributed by atoms with Gasteiger partial charge < -0.3 is 0 Å². The van der Waals surface area contributed by atoms with Crippen molar-refractivity contribution in [2.24, 2.45) is 24.0 Å². The molecular formula is C17H16N4O2. The smallest absolute Gasteiger partial charge is 0.267 e. The van der Waals surface area contributed by atoms with Crippen molar-refractivity contribution in [1.82, 2.24) is 15.2 Å². The van der Waals surface area contributed by atoms with Gasteiger partial charge in [-0.15, -0.1) is 0 Å². The number of allylic oxidation sites excluding steroid dienone is 2. The van der Waals surface area contributed by atoms with E-state index in [4.69, 9.17) is 0 Å². The Morgan fingerprint density at radius 3 is 2.91 bits per heavy atom. The Hall–Kier alpha value is -2.76. The monoisotopic (exact) mass is 308 g/mol. The summed E-state index contributed by atoms with van der Waals surface area (Å²) in [6, 6.07) is 6.98. The molecule has 0 bridgehead atoms. The predicted molar refractivity (Wildman–Crippen MR) is 87.2 cm³/mol. The highest BCUT2D eigenvalue weighted by molar-refractivity contribution is 6.05. The first kappa shape index (κ1) is 13.9. The van der Waals surface area contributed by atoms with Crippen LogP contribution in [0.1, 0.15) is 23.3 Å². The molecule has 1 amide bonds. The van der Waals surface area contributed by atoms with E-state index >= 15 is 0 Å². The molecule has 1 saturated carbocycles. The molecule has 2 unspecified atom stereocenters. The molecule has 2 aromatic rings. The number of aryl methyl sites for hydroxylation is 1. The number of carbonyl (C=O) groups is 1. The van der Waals surface area contributed by atoms with Crippen LogP contribution in [0.4, 0.5) is 0 Å². The van der Waals surface area contributed by atoms with E-state index in [9.17, 15) is 9.59 Å². The second-order valence-electron chi connectivity index (χ2n) is 6.01. The summed E-state index contributed by atoms with van der Waals surface area (Å²) in [5.41, 5.74) is 3.62. The Morgan fingerprint density at radius 1 is 1.35 bits per heavy atom. The highest BCUT2D eigenvalue weighted by Gasteiger charge is 2.38. The van der Waals surface area contributed by atoms with Crippen molar-refractivity contribution >= 4 is 22.4 Å².